The second-order valence-corrected chi connectivity index (χ2v) is 14.4. The monoisotopic (exact) mass is 422 g/mol. The lowest BCUT2D eigenvalue weighted by molar-refractivity contribution is 0.102. The Kier molecular flexibility index (Phi) is 5.65. The van der Waals surface area contributed by atoms with Gasteiger partial charge in [-0.25, -0.2) is 0 Å². The number of aromatic nitrogens is 1. The van der Waals surface area contributed by atoms with Gasteiger partial charge in [0.25, 0.3) is 5.91 Å². The van der Waals surface area contributed by atoms with Crippen molar-refractivity contribution < 1.29 is 9.90 Å². The highest BCUT2D eigenvalue weighted by Gasteiger charge is 2.29. The zero-order chi connectivity index (χ0) is 22.3. The van der Waals surface area contributed by atoms with Crippen LogP contribution in [-0.4, -0.2) is 24.1 Å². The van der Waals surface area contributed by atoms with E-state index in [1.165, 1.54) is 6.20 Å². The molecule has 1 aromatic heterocycles. The summed E-state index contributed by atoms with van der Waals surface area (Å²) in [6.07, 6.45) is 1.44. The van der Waals surface area contributed by atoms with Gasteiger partial charge in [-0.15, -0.1) is 0 Å². The first-order chi connectivity index (χ1) is 14.0. The number of H-pyrrole nitrogens is 1. The van der Waals surface area contributed by atoms with Crippen molar-refractivity contribution in [2.75, 3.05) is 5.32 Å². The number of aromatic amines is 1. The zero-order valence-electron chi connectivity index (χ0n) is 18.5. The van der Waals surface area contributed by atoms with Crippen LogP contribution in [0.1, 0.15) is 43.6 Å². The lowest BCUT2D eigenvalue weighted by Gasteiger charge is -2.29. The topological polar surface area (TPSA) is 82.2 Å². The third-order valence-corrected chi connectivity index (χ3v) is 9.46. The Morgan fingerprint density at radius 1 is 1.17 bits per heavy atom. The summed E-state index contributed by atoms with van der Waals surface area (Å²) in [7, 11) is -1.79. The summed E-state index contributed by atoms with van der Waals surface area (Å²) in [4.78, 5) is 28.8. The fraction of sp³-hybridized carbons (Fsp3) is 0.333. The van der Waals surface area contributed by atoms with E-state index in [1.807, 2.05) is 12.1 Å². The van der Waals surface area contributed by atoms with Crippen LogP contribution < -0.4 is 15.9 Å². The first-order valence-electron chi connectivity index (χ1n) is 10.3. The zero-order valence-corrected chi connectivity index (χ0v) is 19.5. The summed E-state index contributed by atoms with van der Waals surface area (Å²) in [5.74, 6) is -0.295. The molecule has 1 heterocycles. The average molecular weight is 423 g/mol. The van der Waals surface area contributed by atoms with E-state index >= 15 is 0 Å². The van der Waals surface area contributed by atoms with Crippen LogP contribution in [0.5, 0.6) is 5.75 Å². The van der Waals surface area contributed by atoms with Crippen molar-refractivity contribution in [1.82, 2.24) is 4.98 Å². The minimum Gasteiger partial charge on any atom is -0.508 e. The van der Waals surface area contributed by atoms with E-state index in [1.54, 1.807) is 24.3 Å². The average Bonchev–Trinajstić information content (AvgIpc) is 2.67. The molecular formula is C24H30N2O3Si. The molecule has 5 nitrogen and oxygen atoms in total. The molecule has 158 valence electrons. The summed E-state index contributed by atoms with van der Waals surface area (Å²) >= 11 is 0. The third-order valence-electron chi connectivity index (χ3n) is 5.84. The van der Waals surface area contributed by atoms with E-state index < -0.39 is 14.0 Å². The van der Waals surface area contributed by atoms with E-state index in [4.69, 9.17) is 0 Å². The Bertz CT molecular complexity index is 1170. The number of fused-ring (bicyclic) bond motifs is 1. The number of hydrogen-bond acceptors (Lipinski definition) is 3. The fourth-order valence-corrected chi connectivity index (χ4v) is 5.25. The Labute approximate surface area is 178 Å². The van der Waals surface area contributed by atoms with Crippen molar-refractivity contribution in [3.63, 3.8) is 0 Å². The number of hydrogen-bond donors (Lipinski definition) is 3. The predicted octanol–water partition coefficient (Wildman–Crippen LogP) is 4.72. The maximum absolute atomic E-state index is 13.0. The van der Waals surface area contributed by atoms with Crippen molar-refractivity contribution in [1.29, 1.82) is 0 Å². The van der Waals surface area contributed by atoms with Crippen LogP contribution >= 0.6 is 0 Å². The first kappa shape index (κ1) is 21.8. The maximum Gasteiger partial charge on any atom is 0.261 e. The number of phenolic OH excluding ortho intramolecular Hbond substituents is 1. The highest BCUT2D eigenvalue weighted by atomic mass is 28.3. The van der Waals surface area contributed by atoms with Crippen LogP contribution in [0, 0.1) is 0 Å². The van der Waals surface area contributed by atoms with Crippen molar-refractivity contribution in [3.8, 4) is 5.75 Å². The fourth-order valence-electron chi connectivity index (χ4n) is 3.57. The number of para-hydroxylation sites is 1. The lowest BCUT2D eigenvalue weighted by Crippen LogP contribution is -2.41. The van der Waals surface area contributed by atoms with Gasteiger partial charge in [0, 0.05) is 28.9 Å². The highest BCUT2D eigenvalue weighted by molar-refractivity contribution is 6.90. The van der Waals surface area contributed by atoms with Crippen LogP contribution in [0.2, 0.25) is 19.1 Å². The van der Waals surface area contributed by atoms with Crippen LogP contribution in [0.4, 0.5) is 5.69 Å². The SMILES string of the molecule is CC[Si](C)(C)c1cc(C(C)(C)C)c(NC(=O)c2c[nH]c3ccccc3c2=O)cc1O. The first-order valence-corrected chi connectivity index (χ1v) is 13.5. The molecule has 0 aliphatic heterocycles. The van der Waals surface area contributed by atoms with Gasteiger partial charge in [-0.1, -0.05) is 65.0 Å². The highest BCUT2D eigenvalue weighted by Crippen LogP contribution is 2.33. The summed E-state index contributed by atoms with van der Waals surface area (Å²) < 4.78 is 0. The van der Waals surface area contributed by atoms with Gasteiger partial charge in [-0.3, -0.25) is 9.59 Å². The number of carbonyl (C=O) groups is 1. The number of anilines is 1. The minimum atomic E-state index is -1.79. The summed E-state index contributed by atoms with van der Waals surface area (Å²) in [6.45, 7) is 12.8. The smallest absolute Gasteiger partial charge is 0.261 e. The number of nitrogens with one attached hydrogen (secondary N) is 2. The van der Waals surface area contributed by atoms with Crippen LogP contribution in [0.3, 0.4) is 0 Å². The van der Waals surface area contributed by atoms with E-state index in [2.05, 4.69) is 51.1 Å². The van der Waals surface area contributed by atoms with Gasteiger partial charge in [0.2, 0.25) is 5.43 Å². The number of rotatable bonds is 4. The molecular weight excluding hydrogens is 392 g/mol. The molecule has 0 radical (unpaired) electrons. The molecule has 0 fully saturated rings. The van der Waals surface area contributed by atoms with Crippen LogP contribution in [-0.2, 0) is 5.41 Å². The molecule has 3 aromatic rings. The predicted molar refractivity (Wildman–Crippen MR) is 127 cm³/mol. The second-order valence-electron chi connectivity index (χ2n) is 9.43. The minimum absolute atomic E-state index is 0.0420. The van der Waals surface area contributed by atoms with Crippen LogP contribution in [0.15, 0.2) is 47.4 Å². The van der Waals surface area contributed by atoms with E-state index in [-0.39, 0.29) is 22.2 Å². The third kappa shape index (κ3) is 4.05. The Hall–Kier alpha value is -2.86. The molecule has 30 heavy (non-hydrogen) atoms. The van der Waals surface area contributed by atoms with Crippen molar-refractivity contribution in [2.24, 2.45) is 0 Å². The van der Waals surface area contributed by atoms with Gasteiger partial charge >= 0.3 is 0 Å². The molecule has 3 rings (SSSR count). The normalized spacial score (nSPS) is 12.2. The number of phenols is 1. The number of benzene rings is 2. The van der Waals surface area contributed by atoms with Crippen LogP contribution in [0.25, 0.3) is 10.9 Å². The molecule has 0 unspecified atom stereocenters. The summed E-state index contributed by atoms with van der Waals surface area (Å²) in [5.41, 5.74) is 1.62. The molecule has 0 aliphatic rings. The summed E-state index contributed by atoms with van der Waals surface area (Å²) in [5, 5.41) is 15.1. The molecule has 0 saturated heterocycles. The molecule has 6 heteroatoms. The molecule has 0 saturated carbocycles. The van der Waals surface area contributed by atoms with E-state index in [0.717, 1.165) is 16.8 Å². The molecule has 1 amide bonds. The van der Waals surface area contributed by atoms with E-state index in [9.17, 15) is 14.7 Å². The molecule has 0 atom stereocenters. The number of aromatic hydroxyl groups is 1. The molecule has 3 N–H and O–H groups in total. The van der Waals surface area contributed by atoms with Gasteiger partial charge in [-0.05, 0) is 28.3 Å². The Balaban J connectivity index is 2.08. The van der Waals surface area contributed by atoms with Gasteiger partial charge in [0.05, 0.1) is 8.07 Å². The largest absolute Gasteiger partial charge is 0.508 e. The van der Waals surface area contributed by atoms with Gasteiger partial charge in [-0.2, -0.15) is 0 Å². The molecule has 0 bridgehead atoms. The molecule has 0 spiro atoms. The Morgan fingerprint density at radius 3 is 2.47 bits per heavy atom. The quantitative estimate of drug-likeness (QED) is 0.532. The van der Waals surface area contributed by atoms with Gasteiger partial charge < -0.3 is 15.4 Å². The van der Waals surface area contributed by atoms with Crippen molar-refractivity contribution in [3.05, 3.63) is 63.9 Å². The Morgan fingerprint density at radius 2 is 1.83 bits per heavy atom. The second kappa shape index (κ2) is 7.76. The van der Waals surface area contributed by atoms with Gasteiger partial charge in [0.1, 0.15) is 11.3 Å². The summed E-state index contributed by atoms with van der Waals surface area (Å²) in [6, 6.07) is 11.8. The number of pyridine rings is 1. The van der Waals surface area contributed by atoms with Crippen molar-refractivity contribution in [2.45, 2.75) is 52.2 Å². The lowest BCUT2D eigenvalue weighted by atomic mass is 9.85. The maximum atomic E-state index is 13.0. The number of carbonyl (C=O) groups excluding carboxylic acids is 1. The standard InChI is InChI=1S/C24H30N2O3Si/c1-7-30(5,6)21-12-17(24(2,3)4)19(13-20(21)27)26-23(29)16-14-25-18-11-9-8-10-15(18)22(16)28/h8-14,27H,7H2,1-6H3,(H,25,28)(H,26,29). The van der Waals surface area contributed by atoms with Gasteiger partial charge in [0.15, 0.2) is 0 Å². The van der Waals surface area contributed by atoms with E-state index in [0.29, 0.717) is 16.6 Å². The molecule has 0 aliphatic carbocycles. The molecule has 2 aromatic carbocycles. The van der Waals surface area contributed by atoms with Crippen molar-refractivity contribution >= 4 is 35.8 Å². The number of amides is 1.